The molecule has 4 heteroatoms. The molecule has 0 saturated carbocycles. The van der Waals surface area contributed by atoms with Crippen molar-refractivity contribution in [3.05, 3.63) is 53.6 Å². The normalized spacial score (nSPS) is 12.6. The van der Waals surface area contributed by atoms with Crippen molar-refractivity contribution in [2.45, 2.75) is 26.2 Å². The monoisotopic (exact) mass is 246 g/mol. The largest absolute Gasteiger partial charge is 0.390 e. The van der Waals surface area contributed by atoms with E-state index in [1.165, 1.54) is 5.56 Å². The lowest BCUT2D eigenvalue weighted by molar-refractivity contribution is 0.0379. The van der Waals surface area contributed by atoms with Crippen molar-refractivity contribution in [2.75, 3.05) is 7.11 Å². The minimum atomic E-state index is -0.142. The first-order valence-corrected chi connectivity index (χ1v) is 5.96. The van der Waals surface area contributed by atoms with Crippen molar-refractivity contribution in [1.82, 2.24) is 9.55 Å². The molecular formula is C14H18N2O2. The lowest BCUT2D eigenvalue weighted by Gasteiger charge is -2.20. The second-order valence-electron chi connectivity index (χ2n) is 4.20. The highest BCUT2D eigenvalue weighted by Crippen LogP contribution is 2.19. The topological polar surface area (TPSA) is 47.3 Å². The number of aryl methyl sites for hydroxylation is 1. The number of imidazole rings is 1. The van der Waals surface area contributed by atoms with Crippen LogP contribution in [0, 0.1) is 6.92 Å². The number of aromatic nitrogens is 2. The van der Waals surface area contributed by atoms with E-state index in [9.17, 15) is 5.11 Å². The standard InChI is InChI=1S/C14H18N2O2/c1-11-15-9-13(10-17)16(11)14(18-2)8-12-6-4-3-5-7-12/h3-7,9,14,17H,8,10H2,1-2H3. The van der Waals surface area contributed by atoms with Crippen LogP contribution in [-0.2, 0) is 17.8 Å². The Bertz CT molecular complexity index is 494. The second kappa shape index (κ2) is 5.80. The van der Waals surface area contributed by atoms with Gasteiger partial charge in [0.25, 0.3) is 0 Å². The SMILES string of the molecule is COC(Cc1ccccc1)n1c(CO)cnc1C. The number of ether oxygens (including phenoxy) is 1. The maximum absolute atomic E-state index is 9.33. The molecule has 0 radical (unpaired) electrons. The molecule has 0 aliphatic rings. The Kier molecular flexibility index (Phi) is 4.12. The Morgan fingerprint density at radius 1 is 1.33 bits per heavy atom. The number of hydrogen-bond acceptors (Lipinski definition) is 3. The zero-order chi connectivity index (χ0) is 13.0. The molecule has 1 atom stereocenters. The number of aliphatic hydroxyl groups is 1. The van der Waals surface area contributed by atoms with E-state index < -0.39 is 0 Å². The van der Waals surface area contributed by atoms with Gasteiger partial charge in [-0.25, -0.2) is 4.98 Å². The Balaban J connectivity index is 2.25. The average molecular weight is 246 g/mol. The predicted molar refractivity (Wildman–Crippen MR) is 69.1 cm³/mol. The second-order valence-corrected chi connectivity index (χ2v) is 4.20. The maximum atomic E-state index is 9.33. The van der Waals surface area contributed by atoms with Crippen LogP contribution in [0.25, 0.3) is 0 Å². The van der Waals surface area contributed by atoms with Gasteiger partial charge in [0.1, 0.15) is 12.1 Å². The van der Waals surface area contributed by atoms with E-state index in [0.717, 1.165) is 17.9 Å². The van der Waals surface area contributed by atoms with E-state index in [2.05, 4.69) is 17.1 Å². The molecule has 0 saturated heterocycles. The molecule has 0 fully saturated rings. The van der Waals surface area contributed by atoms with E-state index in [1.807, 2.05) is 29.7 Å². The third kappa shape index (κ3) is 2.60. The molecule has 96 valence electrons. The van der Waals surface area contributed by atoms with E-state index in [-0.39, 0.29) is 12.8 Å². The summed E-state index contributed by atoms with van der Waals surface area (Å²) in [7, 11) is 1.67. The molecule has 0 amide bonds. The summed E-state index contributed by atoms with van der Waals surface area (Å²) in [5.74, 6) is 0.849. The third-order valence-electron chi connectivity index (χ3n) is 3.03. The minimum Gasteiger partial charge on any atom is -0.390 e. The van der Waals surface area contributed by atoms with Crippen molar-refractivity contribution >= 4 is 0 Å². The fourth-order valence-electron chi connectivity index (χ4n) is 2.11. The summed E-state index contributed by atoms with van der Waals surface area (Å²) in [6, 6.07) is 10.1. The first-order valence-electron chi connectivity index (χ1n) is 5.96. The molecule has 4 nitrogen and oxygen atoms in total. The van der Waals surface area contributed by atoms with Gasteiger partial charge in [0.05, 0.1) is 18.5 Å². The van der Waals surface area contributed by atoms with Crippen molar-refractivity contribution in [3.8, 4) is 0 Å². The van der Waals surface area contributed by atoms with Crippen molar-refractivity contribution in [2.24, 2.45) is 0 Å². The molecule has 2 aromatic rings. The molecule has 1 unspecified atom stereocenters. The first kappa shape index (κ1) is 12.8. The van der Waals surface area contributed by atoms with Crippen LogP contribution >= 0.6 is 0 Å². The van der Waals surface area contributed by atoms with E-state index in [4.69, 9.17) is 4.74 Å². The fraction of sp³-hybridized carbons (Fsp3) is 0.357. The number of methoxy groups -OCH3 is 1. The summed E-state index contributed by atoms with van der Waals surface area (Å²) >= 11 is 0. The number of benzene rings is 1. The Labute approximate surface area is 107 Å². The lowest BCUT2D eigenvalue weighted by Crippen LogP contribution is -2.18. The highest BCUT2D eigenvalue weighted by atomic mass is 16.5. The number of aliphatic hydroxyl groups excluding tert-OH is 1. The van der Waals surface area contributed by atoms with Crippen LogP contribution in [0.1, 0.15) is 23.3 Å². The van der Waals surface area contributed by atoms with Gasteiger partial charge in [0.15, 0.2) is 0 Å². The molecule has 0 bridgehead atoms. The van der Waals surface area contributed by atoms with Gasteiger partial charge in [-0.3, -0.25) is 0 Å². The number of nitrogens with zero attached hydrogens (tertiary/aromatic N) is 2. The molecule has 1 aromatic heterocycles. The molecule has 18 heavy (non-hydrogen) atoms. The summed E-state index contributed by atoms with van der Waals surface area (Å²) < 4.78 is 7.47. The number of rotatable bonds is 5. The van der Waals surface area contributed by atoms with Gasteiger partial charge < -0.3 is 14.4 Å². The van der Waals surface area contributed by atoms with Gasteiger partial charge in [-0.15, -0.1) is 0 Å². The summed E-state index contributed by atoms with van der Waals surface area (Å²) in [6.07, 6.45) is 2.30. The van der Waals surface area contributed by atoms with Crippen LogP contribution < -0.4 is 0 Å². The van der Waals surface area contributed by atoms with Gasteiger partial charge in [0.2, 0.25) is 0 Å². The van der Waals surface area contributed by atoms with Crippen LogP contribution in [0.15, 0.2) is 36.5 Å². The smallest absolute Gasteiger partial charge is 0.139 e. The van der Waals surface area contributed by atoms with E-state index in [0.29, 0.717) is 0 Å². The predicted octanol–water partition coefficient (Wildman–Crippen LogP) is 2.07. The van der Waals surface area contributed by atoms with Gasteiger partial charge >= 0.3 is 0 Å². The molecule has 1 heterocycles. The summed E-state index contributed by atoms with van der Waals surface area (Å²) in [5, 5.41) is 9.33. The van der Waals surface area contributed by atoms with Crippen LogP contribution in [0.2, 0.25) is 0 Å². The molecule has 0 aliphatic heterocycles. The van der Waals surface area contributed by atoms with Crippen LogP contribution in [-0.4, -0.2) is 21.8 Å². The fourth-order valence-corrected chi connectivity index (χ4v) is 2.11. The summed E-state index contributed by atoms with van der Waals surface area (Å²) in [4.78, 5) is 4.22. The molecule has 1 N–H and O–H groups in total. The van der Waals surface area contributed by atoms with Gasteiger partial charge in [0, 0.05) is 13.5 Å². The van der Waals surface area contributed by atoms with Gasteiger partial charge in [-0.1, -0.05) is 30.3 Å². The minimum absolute atomic E-state index is 0.0323. The van der Waals surface area contributed by atoms with Crippen LogP contribution in [0.4, 0.5) is 0 Å². The highest BCUT2D eigenvalue weighted by molar-refractivity contribution is 5.16. The summed E-state index contributed by atoms with van der Waals surface area (Å²) in [6.45, 7) is 1.88. The first-order chi connectivity index (χ1) is 8.76. The lowest BCUT2D eigenvalue weighted by atomic mass is 10.1. The Hall–Kier alpha value is -1.65. The van der Waals surface area contributed by atoms with E-state index >= 15 is 0 Å². The summed E-state index contributed by atoms with van der Waals surface area (Å²) in [5.41, 5.74) is 1.97. The zero-order valence-electron chi connectivity index (χ0n) is 10.7. The quantitative estimate of drug-likeness (QED) is 0.878. The Morgan fingerprint density at radius 2 is 2.06 bits per heavy atom. The van der Waals surface area contributed by atoms with Crippen molar-refractivity contribution in [1.29, 1.82) is 0 Å². The zero-order valence-corrected chi connectivity index (χ0v) is 10.7. The molecule has 1 aromatic carbocycles. The van der Waals surface area contributed by atoms with Crippen LogP contribution in [0.3, 0.4) is 0 Å². The van der Waals surface area contributed by atoms with Crippen molar-refractivity contribution in [3.63, 3.8) is 0 Å². The van der Waals surface area contributed by atoms with Crippen LogP contribution in [0.5, 0.6) is 0 Å². The average Bonchev–Trinajstić information content (AvgIpc) is 2.78. The Morgan fingerprint density at radius 3 is 2.67 bits per heavy atom. The molecular weight excluding hydrogens is 228 g/mol. The van der Waals surface area contributed by atoms with Gasteiger partial charge in [-0.2, -0.15) is 0 Å². The molecule has 0 aliphatic carbocycles. The van der Waals surface area contributed by atoms with E-state index in [1.54, 1.807) is 13.3 Å². The molecule has 0 spiro atoms. The third-order valence-corrected chi connectivity index (χ3v) is 3.03. The molecule has 2 rings (SSSR count). The van der Waals surface area contributed by atoms with Gasteiger partial charge in [-0.05, 0) is 12.5 Å². The number of hydrogen-bond donors (Lipinski definition) is 1. The maximum Gasteiger partial charge on any atom is 0.139 e. The van der Waals surface area contributed by atoms with Crippen molar-refractivity contribution < 1.29 is 9.84 Å². The highest BCUT2D eigenvalue weighted by Gasteiger charge is 2.16.